The van der Waals surface area contributed by atoms with E-state index >= 15 is 0 Å². The molecule has 0 radical (unpaired) electrons. The molecule has 0 amide bonds. The highest BCUT2D eigenvalue weighted by Gasteiger charge is 2.52. The summed E-state index contributed by atoms with van der Waals surface area (Å²) in [4.78, 5) is 0. The van der Waals surface area contributed by atoms with Crippen molar-refractivity contribution in [2.24, 2.45) is 0 Å². The Hall–Kier alpha value is -5.18. The molecule has 2 nitrogen and oxygen atoms in total. The molecule has 1 N–H and O–H groups in total. The highest BCUT2D eigenvalue weighted by atomic mass is 16.5. The monoisotopic (exact) mass is 607 g/mol. The second-order valence-corrected chi connectivity index (χ2v) is 13.2. The van der Waals surface area contributed by atoms with Crippen LogP contribution in [0.2, 0.25) is 0 Å². The Morgan fingerprint density at radius 1 is 0.638 bits per heavy atom. The molecule has 1 spiro atoms. The van der Waals surface area contributed by atoms with Gasteiger partial charge >= 0.3 is 0 Å². The largest absolute Gasteiger partial charge is 0.457 e. The lowest BCUT2D eigenvalue weighted by Gasteiger charge is -2.41. The summed E-state index contributed by atoms with van der Waals surface area (Å²) in [6.45, 7) is 0. The maximum Gasteiger partial charge on any atom is 0.132 e. The molecule has 1 aliphatic heterocycles. The van der Waals surface area contributed by atoms with Gasteiger partial charge in [0.1, 0.15) is 11.5 Å². The van der Waals surface area contributed by atoms with Gasteiger partial charge in [0.05, 0.1) is 5.41 Å². The number of benzene rings is 6. The number of fused-ring (bicyclic) bond motifs is 9. The summed E-state index contributed by atoms with van der Waals surface area (Å²) in [5, 5.41) is 6.29. The molecule has 0 saturated carbocycles. The van der Waals surface area contributed by atoms with Crippen molar-refractivity contribution in [3.8, 4) is 11.5 Å². The Labute approximate surface area is 277 Å². The Kier molecular flexibility index (Phi) is 6.73. The molecule has 2 heteroatoms. The Morgan fingerprint density at radius 3 is 2.06 bits per heavy atom. The lowest BCUT2D eigenvalue weighted by Crippen LogP contribution is -2.33. The van der Waals surface area contributed by atoms with Crippen LogP contribution < -0.4 is 10.1 Å². The molecule has 47 heavy (non-hydrogen) atoms. The zero-order chi connectivity index (χ0) is 31.4. The fourth-order valence-corrected chi connectivity index (χ4v) is 8.68. The van der Waals surface area contributed by atoms with E-state index in [0.29, 0.717) is 6.04 Å². The van der Waals surface area contributed by atoms with Crippen molar-refractivity contribution in [2.75, 3.05) is 7.05 Å². The second-order valence-electron chi connectivity index (χ2n) is 13.2. The molecule has 1 unspecified atom stereocenters. The maximum atomic E-state index is 6.56. The molecule has 1 heterocycles. The van der Waals surface area contributed by atoms with Crippen molar-refractivity contribution in [3.63, 3.8) is 0 Å². The average Bonchev–Trinajstić information content (AvgIpc) is 3.42. The van der Waals surface area contributed by atoms with Crippen LogP contribution in [0.25, 0.3) is 21.9 Å². The van der Waals surface area contributed by atoms with Crippen LogP contribution in [0.15, 0.2) is 151 Å². The van der Waals surface area contributed by atoms with E-state index in [0.717, 1.165) is 37.2 Å². The number of hydrogen-bond acceptors (Lipinski definition) is 2. The van der Waals surface area contributed by atoms with Gasteiger partial charge < -0.3 is 10.1 Å². The number of ether oxygens (including phenoxy) is 1. The minimum atomic E-state index is -0.367. The molecule has 2 aliphatic carbocycles. The molecule has 1 atom stereocenters. The molecule has 0 aromatic heterocycles. The van der Waals surface area contributed by atoms with Gasteiger partial charge in [0.15, 0.2) is 0 Å². The molecular formula is C45H37NO. The summed E-state index contributed by atoms with van der Waals surface area (Å²) >= 11 is 0. The van der Waals surface area contributed by atoms with Gasteiger partial charge in [0, 0.05) is 17.2 Å². The van der Waals surface area contributed by atoms with Crippen LogP contribution in [-0.2, 0) is 18.3 Å². The standard InChI is InChI=1S/C45H37NO/c1-46-34(27-30-13-3-2-4-14-30)28-32-24-23-31-15-5-6-16-35(31)44(32)33-25-26-39-37(29-33)36-17-7-8-18-38(36)45(39)40-19-9-11-21-42(40)47-43-22-12-10-20-41(43)45/h2-24,29,34,46H,25-28H2,1H3. The van der Waals surface area contributed by atoms with Crippen molar-refractivity contribution in [1.29, 1.82) is 0 Å². The van der Waals surface area contributed by atoms with E-state index in [1.54, 1.807) is 0 Å². The van der Waals surface area contributed by atoms with Crippen LogP contribution in [0.5, 0.6) is 11.5 Å². The van der Waals surface area contributed by atoms with Crippen molar-refractivity contribution in [1.82, 2.24) is 5.32 Å². The highest BCUT2D eigenvalue weighted by Crippen LogP contribution is 2.63. The lowest BCUT2D eigenvalue weighted by molar-refractivity contribution is 0.432. The molecule has 6 aromatic rings. The van der Waals surface area contributed by atoms with E-state index < -0.39 is 0 Å². The normalized spacial score (nSPS) is 16.1. The highest BCUT2D eigenvalue weighted by molar-refractivity contribution is 6.02. The summed E-state index contributed by atoms with van der Waals surface area (Å²) in [5.41, 5.74) is 13.3. The van der Waals surface area contributed by atoms with Crippen molar-refractivity contribution in [3.05, 3.63) is 190 Å². The SMILES string of the molecule is CNC(Cc1ccccc1)Cc1ccc2ccccc2c1C1=CC2=C(CC1)C1(c3ccccc3Oc3ccccc31)c1ccccc12. The van der Waals surface area contributed by atoms with Crippen LogP contribution in [-0.4, -0.2) is 13.1 Å². The zero-order valence-corrected chi connectivity index (χ0v) is 26.7. The van der Waals surface area contributed by atoms with Crippen molar-refractivity contribution >= 4 is 21.9 Å². The minimum absolute atomic E-state index is 0.335. The van der Waals surface area contributed by atoms with Crippen LogP contribution in [0, 0.1) is 0 Å². The molecule has 228 valence electrons. The van der Waals surface area contributed by atoms with Gasteiger partial charge in [-0.1, -0.05) is 133 Å². The predicted molar refractivity (Wildman–Crippen MR) is 194 cm³/mol. The van der Waals surface area contributed by atoms with Crippen molar-refractivity contribution < 1.29 is 4.74 Å². The maximum absolute atomic E-state index is 6.56. The number of para-hydroxylation sites is 2. The summed E-state index contributed by atoms with van der Waals surface area (Å²) < 4.78 is 6.56. The first-order chi connectivity index (χ1) is 23.3. The smallest absolute Gasteiger partial charge is 0.132 e. The number of allylic oxidation sites excluding steroid dienone is 4. The molecule has 0 saturated heterocycles. The first-order valence-electron chi connectivity index (χ1n) is 16.9. The van der Waals surface area contributed by atoms with Gasteiger partial charge in [0.25, 0.3) is 0 Å². The lowest BCUT2D eigenvalue weighted by atomic mass is 9.63. The van der Waals surface area contributed by atoms with Gasteiger partial charge in [-0.25, -0.2) is 0 Å². The minimum Gasteiger partial charge on any atom is -0.457 e. The van der Waals surface area contributed by atoms with Crippen LogP contribution in [0.4, 0.5) is 0 Å². The fourth-order valence-electron chi connectivity index (χ4n) is 8.68. The van der Waals surface area contributed by atoms with E-state index in [4.69, 9.17) is 4.74 Å². The predicted octanol–water partition coefficient (Wildman–Crippen LogP) is 10.3. The third-order valence-corrected chi connectivity index (χ3v) is 10.7. The van der Waals surface area contributed by atoms with Gasteiger partial charge in [-0.2, -0.15) is 0 Å². The zero-order valence-electron chi connectivity index (χ0n) is 26.7. The third-order valence-electron chi connectivity index (χ3n) is 10.7. The van der Waals surface area contributed by atoms with Gasteiger partial charge in [-0.15, -0.1) is 0 Å². The number of hydrogen-bond donors (Lipinski definition) is 1. The number of nitrogens with one attached hydrogen (secondary N) is 1. The molecule has 0 bridgehead atoms. The quantitative estimate of drug-likeness (QED) is 0.203. The van der Waals surface area contributed by atoms with Crippen LogP contribution in [0.1, 0.15) is 51.8 Å². The van der Waals surface area contributed by atoms with E-state index in [1.807, 2.05) is 0 Å². The molecule has 6 aromatic carbocycles. The fraction of sp³-hybridized carbons (Fsp3) is 0.156. The summed E-state index contributed by atoms with van der Waals surface area (Å²) in [7, 11) is 2.10. The van der Waals surface area contributed by atoms with Crippen LogP contribution in [0.3, 0.4) is 0 Å². The molecule has 9 rings (SSSR count). The summed E-state index contributed by atoms with van der Waals surface area (Å²) in [5.74, 6) is 1.91. The summed E-state index contributed by atoms with van der Waals surface area (Å²) in [6.07, 6.45) is 6.48. The van der Waals surface area contributed by atoms with Gasteiger partial charge in [-0.05, 0) is 100 Å². The third kappa shape index (κ3) is 4.36. The number of rotatable bonds is 6. The first kappa shape index (κ1) is 28.1. The van der Waals surface area contributed by atoms with Crippen molar-refractivity contribution in [2.45, 2.75) is 37.1 Å². The Bertz CT molecular complexity index is 2180. The van der Waals surface area contributed by atoms with E-state index in [2.05, 4.69) is 158 Å². The molecule has 0 fully saturated rings. The van der Waals surface area contributed by atoms with Gasteiger partial charge in [-0.3, -0.25) is 0 Å². The van der Waals surface area contributed by atoms with E-state index in [-0.39, 0.29) is 5.41 Å². The topological polar surface area (TPSA) is 21.3 Å². The van der Waals surface area contributed by atoms with E-state index in [9.17, 15) is 0 Å². The van der Waals surface area contributed by atoms with E-state index in [1.165, 1.54) is 66.4 Å². The Morgan fingerprint density at radius 2 is 1.30 bits per heavy atom. The number of likely N-dealkylation sites (N-methyl/N-ethyl adjacent to an activating group) is 1. The second kappa shape index (κ2) is 11.3. The summed E-state index contributed by atoms with van der Waals surface area (Å²) in [6, 6.07) is 51.3. The molecular weight excluding hydrogens is 571 g/mol. The van der Waals surface area contributed by atoms with Crippen LogP contribution >= 0.6 is 0 Å². The average molecular weight is 608 g/mol. The molecule has 3 aliphatic rings. The van der Waals surface area contributed by atoms with Gasteiger partial charge in [0.2, 0.25) is 0 Å². The Balaban J connectivity index is 1.24. The first-order valence-corrected chi connectivity index (χ1v) is 16.9.